The molecule has 4 heteroatoms. The van der Waals surface area contributed by atoms with Crippen LogP contribution in [0.3, 0.4) is 0 Å². The van der Waals surface area contributed by atoms with E-state index >= 15 is 0 Å². The fourth-order valence-corrected chi connectivity index (χ4v) is 2.52. The van der Waals surface area contributed by atoms with E-state index in [4.69, 9.17) is 0 Å². The average Bonchev–Trinajstić information content (AvgIpc) is 2.88. The third kappa shape index (κ3) is 3.25. The zero-order chi connectivity index (χ0) is 14.5. The van der Waals surface area contributed by atoms with Gasteiger partial charge in [0.2, 0.25) is 0 Å². The molecule has 1 aromatic heterocycles. The molecule has 2 aromatic rings. The van der Waals surface area contributed by atoms with Crippen molar-refractivity contribution < 1.29 is 0 Å². The first-order valence-corrected chi connectivity index (χ1v) is 7.27. The Morgan fingerprint density at radius 3 is 2.80 bits per heavy atom. The predicted octanol–water partition coefficient (Wildman–Crippen LogP) is 2.81. The van der Waals surface area contributed by atoms with Crippen molar-refractivity contribution in [2.75, 3.05) is 7.05 Å². The summed E-state index contributed by atoms with van der Waals surface area (Å²) in [4.78, 5) is 0. The predicted molar refractivity (Wildman–Crippen MR) is 81.7 cm³/mol. The van der Waals surface area contributed by atoms with Crippen LogP contribution in [0, 0.1) is 13.8 Å². The lowest BCUT2D eigenvalue weighted by molar-refractivity contribution is 0.490. The molecule has 1 N–H and O–H groups in total. The van der Waals surface area contributed by atoms with E-state index in [2.05, 4.69) is 54.6 Å². The molecule has 0 fully saturated rings. The number of aromatic nitrogens is 3. The number of aryl methyl sites for hydroxylation is 3. The summed E-state index contributed by atoms with van der Waals surface area (Å²) in [6.45, 7) is 7.38. The van der Waals surface area contributed by atoms with E-state index in [1.807, 2.05) is 17.9 Å². The van der Waals surface area contributed by atoms with Gasteiger partial charge in [0.05, 0.1) is 17.9 Å². The third-order valence-corrected chi connectivity index (χ3v) is 3.72. The van der Waals surface area contributed by atoms with Crippen LogP contribution in [0.4, 0.5) is 0 Å². The van der Waals surface area contributed by atoms with Crippen molar-refractivity contribution >= 4 is 0 Å². The van der Waals surface area contributed by atoms with E-state index in [1.54, 1.807) is 0 Å². The van der Waals surface area contributed by atoms with E-state index in [9.17, 15) is 0 Å². The van der Waals surface area contributed by atoms with Gasteiger partial charge in [-0.15, -0.1) is 5.10 Å². The minimum atomic E-state index is 0.247. The molecule has 1 heterocycles. The smallest absolute Gasteiger partial charge is 0.0759 e. The summed E-state index contributed by atoms with van der Waals surface area (Å²) in [6, 6.07) is 6.87. The van der Waals surface area contributed by atoms with Gasteiger partial charge in [-0.3, -0.25) is 0 Å². The number of benzene rings is 1. The Kier molecular flexibility index (Phi) is 4.90. The van der Waals surface area contributed by atoms with Crippen LogP contribution in [0.25, 0.3) is 0 Å². The van der Waals surface area contributed by atoms with E-state index in [0.29, 0.717) is 0 Å². The van der Waals surface area contributed by atoms with E-state index < -0.39 is 0 Å². The Morgan fingerprint density at radius 2 is 2.10 bits per heavy atom. The summed E-state index contributed by atoms with van der Waals surface area (Å²) in [5.74, 6) is 0. The molecule has 2 rings (SSSR count). The van der Waals surface area contributed by atoms with Crippen molar-refractivity contribution in [1.29, 1.82) is 0 Å². The van der Waals surface area contributed by atoms with Crippen LogP contribution in [-0.4, -0.2) is 22.0 Å². The number of hydrogen-bond donors (Lipinski definition) is 1. The Morgan fingerprint density at radius 1 is 1.30 bits per heavy atom. The molecule has 0 spiro atoms. The number of nitrogens with one attached hydrogen (secondary N) is 1. The molecule has 1 atom stereocenters. The van der Waals surface area contributed by atoms with Crippen molar-refractivity contribution in [2.45, 2.75) is 46.2 Å². The van der Waals surface area contributed by atoms with Crippen molar-refractivity contribution in [1.82, 2.24) is 20.3 Å². The average molecular weight is 272 g/mol. The van der Waals surface area contributed by atoms with Gasteiger partial charge in [0.25, 0.3) is 0 Å². The molecule has 0 bridgehead atoms. The molecular weight excluding hydrogens is 248 g/mol. The minimum Gasteiger partial charge on any atom is -0.311 e. The van der Waals surface area contributed by atoms with E-state index in [1.165, 1.54) is 16.7 Å². The maximum absolute atomic E-state index is 4.18. The lowest BCUT2D eigenvalue weighted by atomic mass is 9.97. The number of likely N-dealkylation sites (N-methyl/N-ethyl adjacent to an activating group) is 1. The highest BCUT2D eigenvalue weighted by atomic mass is 15.4. The van der Waals surface area contributed by atoms with E-state index in [-0.39, 0.29) is 6.04 Å². The fourth-order valence-electron chi connectivity index (χ4n) is 2.52. The summed E-state index contributed by atoms with van der Waals surface area (Å²) in [6.07, 6.45) is 3.90. The molecule has 0 saturated heterocycles. The normalized spacial score (nSPS) is 12.6. The Hall–Kier alpha value is -1.68. The highest BCUT2D eigenvalue weighted by molar-refractivity contribution is 5.31. The summed E-state index contributed by atoms with van der Waals surface area (Å²) in [5.41, 5.74) is 5.19. The van der Waals surface area contributed by atoms with Gasteiger partial charge in [0, 0.05) is 6.54 Å². The molecule has 0 aliphatic carbocycles. The van der Waals surface area contributed by atoms with Gasteiger partial charge in [-0.1, -0.05) is 35.9 Å². The van der Waals surface area contributed by atoms with Crippen LogP contribution in [0.1, 0.15) is 41.8 Å². The first-order valence-electron chi connectivity index (χ1n) is 7.27. The summed E-state index contributed by atoms with van der Waals surface area (Å²) < 4.78 is 2.01. The SMILES string of the molecule is CCCn1nncc1C(Cc1cc(C)ccc1C)NC. The number of rotatable bonds is 6. The van der Waals surface area contributed by atoms with Gasteiger partial charge in [-0.2, -0.15) is 0 Å². The van der Waals surface area contributed by atoms with Crippen LogP contribution in [-0.2, 0) is 13.0 Å². The van der Waals surface area contributed by atoms with Crippen LogP contribution in [0.5, 0.6) is 0 Å². The summed E-state index contributed by atoms with van der Waals surface area (Å²) in [7, 11) is 2.00. The molecule has 1 aromatic carbocycles. The van der Waals surface area contributed by atoms with Gasteiger partial charge in [-0.05, 0) is 44.9 Å². The Bertz CT molecular complexity index is 559. The second-order valence-electron chi connectivity index (χ2n) is 5.36. The maximum atomic E-state index is 4.18. The molecule has 0 saturated carbocycles. The van der Waals surface area contributed by atoms with Crippen molar-refractivity contribution in [3.8, 4) is 0 Å². The van der Waals surface area contributed by atoms with E-state index in [0.717, 1.165) is 25.1 Å². The quantitative estimate of drug-likeness (QED) is 0.879. The lowest BCUT2D eigenvalue weighted by Gasteiger charge is -2.18. The van der Waals surface area contributed by atoms with Gasteiger partial charge in [-0.25, -0.2) is 4.68 Å². The van der Waals surface area contributed by atoms with Crippen LogP contribution in [0.2, 0.25) is 0 Å². The van der Waals surface area contributed by atoms with Gasteiger partial charge in [0.15, 0.2) is 0 Å². The third-order valence-electron chi connectivity index (χ3n) is 3.72. The first-order chi connectivity index (χ1) is 9.65. The summed E-state index contributed by atoms with van der Waals surface area (Å²) in [5, 5.41) is 11.6. The number of hydrogen-bond acceptors (Lipinski definition) is 3. The van der Waals surface area contributed by atoms with Gasteiger partial charge < -0.3 is 5.32 Å². The highest BCUT2D eigenvalue weighted by Gasteiger charge is 2.16. The Balaban J connectivity index is 2.24. The molecule has 1 unspecified atom stereocenters. The summed E-state index contributed by atoms with van der Waals surface area (Å²) >= 11 is 0. The van der Waals surface area contributed by atoms with Crippen molar-refractivity contribution in [2.24, 2.45) is 0 Å². The number of nitrogens with zero attached hydrogens (tertiary/aromatic N) is 3. The highest BCUT2D eigenvalue weighted by Crippen LogP contribution is 2.20. The van der Waals surface area contributed by atoms with Gasteiger partial charge in [0.1, 0.15) is 0 Å². The molecule has 4 nitrogen and oxygen atoms in total. The second-order valence-corrected chi connectivity index (χ2v) is 5.36. The maximum Gasteiger partial charge on any atom is 0.0759 e. The largest absolute Gasteiger partial charge is 0.311 e. The standard InChI is InChI=1S/C16H24N4/c1-5-8-20-16(11-18-19-20)15(17-4)10-14-9-12(2)6-7-13(14)3/h6-7,9,11,15,17H,5,8,10H2,1-4H3. The van der Waals surface area contributed by atoms with Crippen LogP contribution < -0.4 is 5.32 Å². The molecule has 0 aliphatic heterocycles. The van der Waals surface area contributed by atoms with Crippen molar-refractivity contribution in [3.05, 3.63) is 46.8 Å². The first kappa shape index (κ1) is 14.7. The topological polar surface area (TPSA) is 42.7 Å². The van der Waals surface area contributed by atoms with Crippen LogP contribution in [0.15, 0.2) is 24.4 Å². The zero-order valence-corrected chi connectivity index (χ0v) is 12.8. The molecular formula is C16H24N4. The molecule has 20 heavy (non-hydrogen) atoms. The van der Waals surface area contributed by atoms with Crippen LogP contribution >= 0.6 is 0 Å². The Labute approximate surface area is 121 Å². The van der Waals surface area contributed by atoms with Crippen molar-refractivity contribution in [3.63, 3.8) is 0 Å². The van der Waals surface area contributed by atoms with Gasteiger partial charge >= 0.3 is 0 Å². The lowest BCUT2D eigenvalue weighted by Crippen LogP contribution is -2.23. The molecule has 0 amide bonds. The molecule has 108 valence electrons. The molecule has 0 radical (unpaired) electrons. The fraction of sp³-hybridized carbons (Fsp3) is 0.500. The molecule has 0 aliphatic rings. The zero-order valence-electron chi connectivity index (χ0n) is 12.8. The monoisotopic (exact) mass is 272 g/mol. The second kappa shape index (κ2) is 6.66. The minimum absolute atomic E-state index is 0.247.